The molecule has 324 valence electrons. The van der Waals surface area contributed by atoms with Crippen LogP contribution < -0.4 is 9.80 Å². The van der Waals surface area contributed by atoms with E-state index in [0.717, 1.165) is 95.0 Å². The Balaban J connectivity index is 0.00000366. The molecule has 2 saturated carbocycles. The highest BCUT2D eigenvalue weighted by Crippen LogP contribution is 2.45. The molecule has 0 atom stereocenters. The number of nitrogens with zero attached hydrogens (tertiary/aromatic N) is 7. The standard InChI is InChI=1S/C46H85N7O3.H2/c1-11-13-21-29-50(36-32-43(3,4)52(44(5,6)33-36)55-38-24-17-15-18-25-38)41-47-40(28-23-31-54)48-42(49-41)51(30-22-14-12-2)37-34-45(7,8)53(46(9,10)35-37)56-39-26-19-16-20-27-39;/h36-39,54H,11-35H2,1-10H3;1H/i;1+1D. The Morgan fingerprint density at radius 3 is 1.30 bits per heavy atom. The molecule has 2 saturated heterocycles. The van der Waals surface area contributed by atoms with Crippen molar-refractivity contribution in [1.29, 1.82) is 0 Å². The summed E-state index contributed by atoms with van der Waals surface area (Å²) in [5, 5.41) is 14.7. The molecule has 1 aromatic heterocycles. The fraction of sp³-hybridized carbons (Fsp3) is 0.935. The minimum absolute atomic E-state index is 0.125. The van der Waals surface area contributed by atoms with Crippen molar-refractivity contribution in [1.82, 2.24) is 25.1 Å². The first kappa shape index (κ1) is 44.0. The lowest BCUT2D eigenvalue weighted by atomic mass is 9.78. The van der Waals surface area contributed by atoms with Crippen LogP contribution in [-0.2, 0) is 16.1 Å². The molecule has 4 fully saturated rings. The smallest absolute Gasteiger partial charge is 0.230 e. The van der Waals surface area contributed by atoms with E-state index >= 15 is 0 Å². The first-order valence-electron chi connectivity index (χ1n) is 24.4. The van der Waals surface area contributed by atoms with Gasteiger partial charge in [-0.15, -0.1) is 0 Å². The van der Waals surface area contributed by atoms with E-state index in [4.69, 9.17) is 27.6 Å². The van der Waals surface area contributed by atoms with E-state index in [2.05, 4.69) is 89.2 Å². The van der Waals surface area contributed by atoms with Crippen molar-refractivity contribution < 1.29 is 17.8 Å². The molecule has 10 heteroatoms. The molecular weight excluding hydrogens is 699 g/mol. The number of unbranched alkanes of at least 4 members (excludes halogenated alkanes) is 4. The molecule has 0 unspecified atom stereocenters. The van der Waals surface area contributed by atoms with E-state index in [1.54, 1.807) is 0 Å². The van der Waals surface area contributed by atoms with Gasteiger partial charge in [0.05, 0.1) is 12.2 Å². The third kappa shape index (κ3) is 11.8. The maximum absolute atomic E-state index is 9.97. The maximum Gasteiger partial charge on any atom is 0.230 e. The molecule has 4 aliphatic rings. The monoisotopic (exact) mass is 788 g/mol. The SMILES string of the molecule is CCCCCN(c1nc(CCCO)nc(N(CCCCC)C2CC(C)(C)N(OC3CCCCC3)C(C)(C)C2)n1)C1CC(C)(C)N(OC2CCCCC2)C(C)(C)C1.[2H][2H]. The van der Waals surface area contributed by atoms with E-state index in [-0.39, 0.29) is 40.8 Å². The second-order valence-electron chi connectivity index (χ2n) is 20.7. The van der Waals surface area contributed by atoms with Crippen LogP contribution in [0.1, 0.15) is 213 Å². The Bertz CT molecular complexity index is 1210. The van der Waals surface area contributed by atoms with E-state index in [0.29, 0.717) is 25.0 Å². The number of aliphatic hydroxyl groups is 1. The summed E-state index contributed by atoms with van der Waals surface area (Å²) < 4.78 is 10.0. The summed E-state index contributed by atoms with van der Waals surface area (Å²) >= 11 is 0. The van der Waals surface area contributed by atoms with Crippen LogP contribution in [0.4, 0.5) is 11.9 Å². The van der Waals surface area contributed by atoms with Crippen LogP contribution in [0.3, 0.4) is 0 Å². The van der Waals surface area contributed by atoms with Gasteiger partial charge < -0.3 is 14.9 Å². The van der Waals surface area contributed by atoms with Crippen LogP contribution in [0.15, 0.2) is 0 Å². The molecule has 2 aliphatic heterocycles. The maximum atomic E-state index is 9.97. The topological polar surface area (TPSA) is 90.3 Å². The molecular formula is C46H87N7O3. The predicted molar refractivity (Wildman–Crippen MR) is 233 cm³/mol. The molecule has 0 bridgehead atoms. The fourth-order valence-electron chi connectivity index (χ4n) is 11.0. The fourth-order valence-corrected chi connectivity index (χ4v) is 11.0. The summed E-state index contributed by atoms with van der Waals surface area (Å²) in [7, 11) is 0. The zero-order valence-corrected chi connectivity index (χ0v) is 37.9. The Hall–Kier alpha value is -1.59. The second kappa shape index (κ2) is 20.1. The third-order valence-electron chi connectivity index (χ3n) is 13.4. The van der Waals surface area contributed by atoms with Crippen LogP contribution >= 0.6 is 0 Å². The molecule has 56 heavy (non-hydrogen) atoms. The molecule has 1 aromatic rings. The Labute approximate surface area is 346 Å². The highest BCUT2D eigenvalue weighted by molar-refractivity contribution is 5.42. The van der Waals surface area contributed by atoms with E-state index in [9.17, 15) is 5.11 Å². The van der Waals surface area contributed by atoms with E-state index in [1.807, 2.05) is 0 Å². The first-order valence-corrected chi connectivity index (χ1v) is 23.4. The minimum Gasteiger partial charge on any atom is -0.396 e. The number of hydrogen-bond donors (Lipinski definition) is 1. The molecule has 1 N–H and O–H groups in total. The quantitative estimate of drug-likeness (QED) is 0.137. The predicted octanol–water partition coefficient (Wildman–Crippen LogP) is 10.6. The lowest BCUT2D eigenvalue weighted by Crippen LogP contribution is -2.65. The largest absolute Gasteiger partial charge is 0.396 e. The highest BCUT2D eigenvalue weighted by Gasteiger charge is 2.51. The van der Waals surface area contributed by atoms with Gasteiger partial charge in [0.2, 0.25) is 11.9 Å². The van der Waals surface area contributed by atoms with Gasteiger partial charge in [-0.25, -0.2) is 0 Å². The number of hydrogen-bond acceptors (Lipinski definition) is 10. The van der Waals surface area contributed by atoms with Crippen molar-refractivity contribution >= 4 is 11.9 Å². The number of aromatic nitrogens is 3. The lowest BCUT2D eigenvalue weighted by molar-refractivity contribution is -0.310. The van der Waals surface area contributed by atoms with Crippen LogP contribution in [0.25, 0.3) is 0 Å². The van der Waals surface area contributed by atoms with Crippen LogP contribution in [0.5, 0.6) is 0 Å². The molecule has 3 heterocycles. The lowest BCUT2D eigenvalue weighted by Gasteiger charge is -2.57. The normalized spacial score (nSPS) is 24.2. The third-order valence-corrected chi connectivity index (χ3v) is 13.4. The van der Waals surface area contributed by atoms with Crippen molar-refractivity contribution in [3.8, 4) is 0 Å². The Morgan fingerprint density at radius 1 is 0.589 bits per heavy atom. The number of anilines is 2. The van der Waals surface area contributed by atoms with E-state index in [1.165, 1.54) is 64.2 Å². The molecule has 0 spiro atoms. The highest BCUT2D eigenvalue weighted by atomic mass is 16.7. The van der Waals surface area contributed by atoms with Gasteiger partial charge in [-0.3, -0.25) is 9.68 Å². The van der Waals surface area contributed by atoms with Gasteiger partial charge in [0.25, 0.3) is 0 Å². The minimum atomic E-state index is -0.153. The van der Waals surface area contributed by atoms with E-state index < -0.39 is 0 Å². The number of hydroxylamine groups is 4. The summed E-state index contributed by atoms with van der Waals surface area (Å²) in [6.45, 7) is 25.6. The van der Waals surface area contributed by atoms with Gasteiger partial charge in [0.1, 0.15) is 5.82 Å². The van der Waals surface area contributed by atoms with Gasteiger partial charge in [0.15, 0.2) is 0 Å². The van der Waals surface area contributed by atoms with Gasteiger partial charge in [0, 0.05) is 63.3 Å². The van der Waals surface area contributed by atoms with Gasteiger partial charge >= 0.3 is 0 Å². The summed E-state index contributed by atoms with van der Waals surface area (Å²) in [4.78, 5) is 35.1. The molecule has 5 rings (SSSR count). The molecule has 0 aromatic carbocycles. The Morgan fingerprint density at radius 2 is 0.964 bits per heavy atom. The first-order chi connectivity index (χ1) is 27.6. The van der Waals surface area contributed by atoms with Crippen LogP contribution in [-0.4, -0.2) is 96.3 Å². The van der Waals surface area contributed by atoms with Gasteiger partial charge in [-0.1, -0.05) is 78.1 Å². The van der Waals surface area contributed by atoms with Crippen molar-refractivity contribution in [3.63, 3.8) is 0 Å². The summed E-state index contributed by atoms with van der Waals surface area (Å²) in [6.07, 6.45) is 25.1. The average Bonchev–Trinajstić information content (AvgIpc) is 3.18. The molecule has 0 radical (unpaired) electrons. The van der Waals surface area contributed by atoms with Crippen LogP contribution in [0, 0.1) is 0 Å². The van der Waals surface area contributed by atoms with Crippen molar-refractivity contribution in [2.24, 2.45) is 0 Å². The summed E-state index contributed by atoms with van der Waals surface area (Å²) in [6, 6.07) is 0.520. The number of rotatable bonds is 19. The van der Waals surface area contributed by atoms with Crippen LogP contribution in [0.2, 0.25) is 0 Å². The number of aliphatic hydroxyl groups excluding tert-OH is 1. The number of aryl methyl sites for hydroxylation is 1. The second-order valence-corrected chi connectivity index (χ2v) is 20.7. The average molecular weight is 788 g/mol. The molecule has 10 nitrogen and oxygen atoms in total. The zero-order valence-electron chi connectivity index (χ0n) is 39.9. The van der Waals surface area contributed by atoms with Crippen molar-refractivity contribution in [3.05, 3.63) is 5.82 Å². The summed E-state index contributed by atoms with van der Waals surface area (Å²) in [5.74, 6) is 2.43. The number of piperidine rings is 2. The van der Waals surface area contributed by atoms with Gasteiger partial charge in [-0.05, 0) is 126 Å². The Kier molecular flexibility index (Phi) is 15.8. The molecule has 0 amide bonds. The van der Waals surface area contributed by atoms with Gasteiger partial charge in [-0.2, -0.15) is 25.1 Å². The zero-order chi connectivity index (χ0) is 42.6. The van der Waals surface area contributed by atoms with Crippen molar-refractivity contribution in [2.75, 3.05) is 29.5 Å². The summed E-state index contributed by atoms with van der Waals surface area (Å²) in [5.41, 5.74) is -0.613. The van der Waals surface area contributed by atoms with Crippen molar-refractivity contribution in [2.45, 2.75) is 257 Å². The molecule has 2 aliphatic carbocycles.